The minimum Gasteiger partial charge on any atom is -0.481 e. The van der Waals surface area contributed by atoms with Crippen LogP contribution in [-0.4, -0.2) is 34.1 Å². The van der Waals surface area contributed by atoms with Crippen LogP contribution in [-0.2, 0) is 4.79 Å². The lowest BCUT2D eigenvalue weighted by Crippen LogP contribution is -2.57. The molecule has 2 unspecified atom stereocenters. The summed E-state index contributed by atoms with van der Waals surface area (Å²) in [6.45, 7) is 2.51. The van der Waals surface area contributed by atoms with Gasteiger partial charge in [0.25, 0.3) is 5.60 Å². The summed E-state index contributed by atoms with van der Waals surface area (Å²) < 4.78 is 74.7. The molecular formula is C10H12F6O3. The Morgan fingerprint density at radius 3 is 1.68 bits per heavy atom. The van der Waals surface area contributed by atoms with Crippen LogP contribution in [0.3, 0.4) is 0 Å². The standard InChI is InChI=1S/C10H12F6O3/c1-7(2)4(5(7)6(17)18)3-8(19,9(11,12)13)10(14,15)16/h4-5,19H,3H2,1-2H3,(H,17,18). The smallest absolute Gasteiger partial charge is 0.426 e. The fraction of sp³-hybridized carbons (Fsp3) is 0.900. The first-order chi connectivity index (χ1) is 8.16. The highest BCUT2D eigenvalue weighted by Gasteiger charge is 2.75. The van der Waals surface area contributed by atoms with Crippen molar-refractivity contribution in [3.05, 3.63) is 0 Å². The van der Waals surface area contributed by atoms with Crippen LogP contribution in [0.25, 0.3) is 0 Å². The average molecular weight is 294 g/mol. The number of aliphatic hydroxyl groups is 1. The number of alkyl halides is 6. The van der Waals surface area contributed by atoms with Gasteiger partial charge >= 0.3 is 18.3 Å². The summed E-state index contributed by atoms with van der Waals surface area (Å²) >= 11 is 0. The van der Waals surface area contributed by atoms with Crippen LogP contribution in [0.2, 0.25) is 0 Å². The molecule has 0 radical (unpaired) electrons. The van der Waals surface area contributed by atoms with E-state index in [0.29, 0.717) is 0 Å². The molecule has 1 fully saturated rings. The first-order valence-electron chi connectivity index (χ1n) is 5.25. The van der Waals surface area contributed by atoms with Crippen molar-refractivity contribution in [2.24, 2.45) is 17.3 Å². The van der Waals surface area contributed by atoms with Gasteiger partial charge in [0.05, 0.1) is 5.92 Å². The second kappa shape index (κ2) is 4.00. The fourth-order valence-corrected chi connectivity index (χ4v) is 2.33. The number of hydrogen-bond acceptors (Lipinski definition) is 2. The number of carboxylic acid groups (broad SMARTS) is 1. The van der Waals surface area contributed by atoms with E-state index in [2.05, 4.69) is 0 Å². The van der Waals surface area contributed by atoms with Crippen molar-refractivity contribution in [1.29, 1.82) is 0 Å². The van der Waals surface area contributed by atoms with Gasteiger partial charge in [-0.15, -0.1) is 0 Å². The largest absolute Gasteiger partial charge is 0.481 e. The second-order valence-electron chi connectivity index (χ2n) is 5.30. The summed E-state index contributed by atoms with van der Waals surface area (Å²) in [5.74, 6) is -4.19. The van der Waals surface area contributed by atoms with Gasteiger partial charge in [-0.25, -0.2) is 0 Å². The molecule has 1 aliphatic carbocycles. The van der Waals surface area contributed by atoms with Crippen LogP contribution >= 0.6 is 0 Å². The van der Waals surface area contributed by atoms with Crippen molar-refractivity contribution in [2.75, 3.05) is 0 Å². The molecule has 2 atom stereocenters. The zero-order chi connectivity index (χ0) is 15.4. The zero-order valence-corrected chi connectivity index (χ0v) is 9.93. The van der Waals surface area contributed by atoms with Gasteiger partial charge < -0.3 is 10.2 Å². The molecule has 19 heavy (non-hydrogen) atoms. The molecule has 1 saturated carbocycles. The van der Waals surface area contributed by atoms with E-state index in [-0.39, 0.29) is 0 Å². The molecule has 2 N–H and O–H groups in total. The van der Waals surface area contributed by atoms with Gasteiger partial charge in [-0.3, -0.25) is 4.79 Å². The number of carboxylic acids is 1. The van der Waals surface area contributed by atoms with E-state index in [1.165, 1.54) is 13.8 Å². The Bertz CT molecular complexity index is 370. The Morgan fingerprint density at radius 1 is 1.11 bits per heavy atom. The van der Waals surface area contributed by atoms with Gasteiger partial charge in [0.1, 0.15) is 0 Å². The van der Waals surface area contributed by atoms with E-state index in [0.717, 1.165) is 0 Å². The Kier molecular flexibility index (Phi) is 3.38. The van der Waals surface area contributed by atoms with Crippen molar-refractivity contribution in [3.8, 4) is 0 Å². The third-order valence-corrected chi connectivity index (χ3v) is 3.77. The summed E-state index contributed by atoms with van der Waals surface area (Å²) in [7, 11) is 0. The first kappa shape index (κ1) is 16.1. The molecule has 1 rings (SSSR count). The molecule has 0 aliphatic heterocycles. The highest BCUT2D eigenvalue weighted by molar-refractivity contribution is 5.75. The zero-order valence-electron chi connectivity index (χ0n) is 9.93. The van der Waals surface area contributed by atoms with Crippen LogP contribution in [0.4, 0.5) is 26.3 Å². The summed E-state index contributed by atoms with van der Waals surface area (Å²) in [6.07, 6.45) is -13.5. The average Bonchev–Trinajstić information content (AvgIpc) is 2.63. The summed E-state index contributed by atoms with van der Waals surface area (Å²) in [5.41, 5.74) is -6.09. The van der Waals surface area contributed by atoms with E-state index in [4.69, 9.17) is 10.2 Å². The molecule has 0 aromatic carbocycles. The Hall–Kier alpha value is -0.990. The van der Waals surface area contributed by atoms with Crippen LogP contribution in [0, 0.1) is 17.3 Å². The molecule has 112 valence electrons. The van der Waals surface area contributed by atoms with E-state index >= 15 is 0 Å². The third kappa shape index (κ3) is 2.39. The fourth-order valence-electron chi connectivity index (χ4n) is 2.33. The molecule has 0 spiro atoms. The normalized spacial score (nSPS) is 27.2. The Labute approximate surface area is 104 Å². The number of carbonyl (C=O) groups is 1. The minimum atomic E-state index is -5.91. The van der Waals surface area contributed by atoms with Crippen LogP contribution < -0.4 is 0 Å². The predicted octanol–water partition coefficient (Wildman–Crippen LogP) is 2.59. The molecule has 0 aromatic heterocycles. The van der Waals surface area contributed by atoms with Crippen LogP contribution in [0.1, 0.15) is 20.3 Å². The molecule has 0 heterocycles. The van der Waals surface area contributed by atoms with Crippen molar-refractivity contribution in [2.45, 2.75) is 38.2 Å². The number of aliphatic carboxylic acids is 1. The van der Waals surface area contributed by atoms with Gasteiger partial charge in [-0.1, -0.05) is 13.8 Å². The second-order valence-corrected chi connectivity index (χ2v) is 5.30. The molecule has 3 nitrogen and oxygen atoms in total. The number of halogens is 6. The molecule has 9 heteroatoms. The van der Waals surface area contributed by atoms with Gasteiger partial charge in [-0.05, 0) is 17.8 Å². The highest BCUT2D eigenvalue weighted by Crippen LogP contribution is 2.63. The lowest BCUT2D eigenvalue weighted by atomic mass is 9.92. The lowest BCUT2D eigenvalue weighted by Gasteiger charge is -2.32. The molecule has 0 bridgehead atoms. The third-order valence-electron chi connectivity index (χ3n) is 3.77. The summed E-state index contributed by atoms with van der Waals surface area (Å²) in [5, 5.41) is 17.7. The van der Waals surface area contributed by atoms with Gasteiger partial charge in [0.2, 0.25) is 0 Å². The van der Waals surface area contributed by atoms with Crippen molar-refractivity contribution < 1.29 is 41.4 Å². The minimum absolute atomic E-state index is 1.21. The number of rotatable bonds is 3. The highest BCUT2D eigenvalue weighted by atomic mass is 19.4. The van der Waals surface area contributed by atoms with Crippen LogP contribution in [0.15, 0.2) is 0 Å². The maximum atomic E-state index is 12.5. The van der Waals surface area contributed by atoms with Crippen molar-refractivity contribution in [1.82, 2.24) is 0 Å². The van der Waals surface area contributed by atoms with Crippen molar-refractivity contribution >= 4 is 5.97 Å². The molecule has 0 aromatic rings. The van der Waals surface area contributed by atoms with E-state index < -0.39 is 47.6 Å². The summed E-state index contributed by atoms with van der Waals surface area (Å²) in [6, 6.07) is 0. The SMILES string of the molecule is CC1(C)C(CC(O)(C(F)(F)F)C(F)(F)F)C1C(=O)O. The molecule has 0 saturated heterocycles. The quantitative estimate of drug-likeness (QED) is 0.787. The maximum absolute atomic E-state index is 12.5. The van der Waals surface area contributed by atoms with Gasteiger partial charge in [-0.2, -0.15) is 26.3 Å². The molecule has 1 aliphatic rings. The predicted molar refractivity (Wildman–Crippen MR) is 50.1 cm³/mol. The molecule has 0 amide bonds. The maximum Gasteiger partial charge on any atom is 0.426 e. The Balaban J connectivity index is 3.04. The van der Waals surface area contributed by atoms with E-state index in [9.17, 15) is 31.1 Å². The first-order valence-corrected chi connectivity index (χ1v) is 5.25. The van der Waals surface area contributed by atoms with E-state index in [1.54, 1.807) is 0 Å². The van der Waals surface area contributed by atoms with E-state index in [1.807, 2.05) is 0 Å². The monoisotopic (exact) mass is 294 g/mol. The Morgan fingerprint density at radius 2 is 1.47 bits per heavy atom. The van der Waals surface area contributed by atoms with Crippen molar-refractivity contribution in [3.63, 3.8) is 0 Å². The topological polar surface area (TPSA) is 57.5 Å². The number of hydrogen-bond donors (Lipinski definition) is 2. The molecular weight excluding hydrogens is 282 g/mol. The summed E-state index contributed by atoms with van der Waals surface area (Å²) in [4.78, 5) is 10.7. The lowest BCUT2D eigenvalue weighted by molar-refractivity contribution is -0.371. The van der Waals surface area contributed by atoms with Gasteiger partial charge in [0, 0.05) is 0 Å². The van der Waals surface area contributed by atoms with Gasteiger partial charge in [0.15, 0.2) is 0 Å². The van der Waals surface area contributed by atoms with Crippen LogP contribution in [0.5, 0.6) is 0 Å².